The van der Waals surface area contributed by atoms with Crippen LogP contribution in [0.15, 0.2) is 36.5 Å². The van der Waals surface area contributed by atoms with Crippen molar-refractivity contribution in [1.82, 2.24) is 14.9 Å². The lowest BCUT2D eigenvalue weighted by Crippen LogP contribution is -2.62. The molecule has 1 aromatic carbocycles. The summed E-state index contributed by atoms with van der Waals surface area (Å²) in [4.78, 5) is 21.3. The van der Waals surface area contributed by atoms with Crippen LogP contribution in [0.1, 0.15) is 5.56 Å². The van der Waals surface area contributed by atoms with Crippen LogP contribution in [0.2, 0.25) is 0 Å². The lowest BCUT2D eigenvalue weighted by atomic mass is 10.1. The van der Waals surface area contributed by atoms with E-state index in [1.54, 1.807) is 0 Å². The fraction of sp³-hybridized carbons (Fsp3) is 0.421. The van der Waals surface area contributed by atoms with Crippen LogP contribution in [0.3, 0.4) is 0 Å². The smallest absolute Gasteiger partial charge is 0.337 e. The van der Waals surface area contributed by atoms with Crippen molar-refractivity contribution in [2.75, 3.05) is 31.1 Å². The Hall–Kier alpha value is -3.13. The van der Waals surface area contributed by atoms with Crippen LogP contribution in [0.5, 0.6) is 0 Å². The Morgan fingerprint density at radius 1 is 0.853 bits per heavy atom. The van der Waals surface area contributed by atoms with Gasteiger partial charge in [0.15, 0.2) is 0 Å². The number of carbonyl (C=O) groups excluding carboxylic acids is 1. The van der Waals surface area contributed by atoms with Crippen molar-refractivity contribution in [1.29, 1.82) is 0 Å². The molecule has 186 valence electrons. The van der Waals surface area contributed by atoms with Crippen molar-refractivity contribution in [2.45, 2.75) is 24.2 Å². The predicted molar refractivity (Wildman–Crippen MR) is 97.2 cm³/mol. The lowest BCUT2D eigenvalue weighted by molar-refractivity contribution is -0.346. The largest absolute Gasteiger partial charge is 0.460 e. The van der Waals surface area contributed by atoms with E-state index in [1.807, 2.05) is 0 Å². The monoisotopic (exact) mass is 504 g/mol. The Balaban J connectivity index is 1.74. The van der Waals surface area contributed by atoms with Gasteiger partial charge in [-0.1, -0.05) is 12.1 Å². The highest BCUT2D eigenvalue weighted by molar-refractivity contribution is 5.85. The van der Waals surface area contributed by atoms with Gasteiger partial charge in [0.25, 0.3) is 5.91 Å². The Labute approximate surface area is 185 Å². The second-order valence-electron chi connectivity index (χ2n) is 7.25. The van der Waals surface area contributed by atoms with Crippen LogP contribution in [-0.2, 0) is 11.0 Å². The fourth-order valence-electron chi connectivity index (χ4n) is 3.14. The van der Waals surface area contributed by atoms with Gasteiger partial charge in [-0.2, -0.15) is 43.9 Å². The molecule has 1 aliphatic rings. The number of aromatic nitrogens is 2. The Morgan fingerprint density at radius 2 is 1.47 bits per heavy atom. The molecule has 0 unspecified atom stereocenters. The standard InChI is InChI=1S/C19H14F10N4O/c20-16(21,18(25,26)19(27,28)29)14(34)32-6-8-33(9-7-32)15-30-5-4-13(31-15)11-2-1-3-12(10-11)17(22,23)24/h1-5,10H,6-9H2. The number of amides is 1. The van der Waals surface area contributed by atoms with Crippen molar-refractivity contribution >= 4 is 11.9 Å². The summed E-state index contributed by atoms with van der Waals surface area (Å²) in [6.07, 6.45) is -10.0. The zero-order chi connectivity index (χ0) is 25.5. The van der Waals surface area contributed by atoms with E-state index in [1.165, 1.54) is 29.3 Å². The lowest BCUT2D eigenvalue weighted by Gasteiger charge is -2.37. The molecule has 2 aromatic rings. The Kier molecular flexibility index (Phi) is 6.43. The third kappa shape index (κ3) is 4.73. The molecule has 0 aliphatic carbocycles. The van der Waals surface area contributed by atoms with Crippen LogP contribution in [-0.4, -0.2) is 65.0 Å². The molecule has 0 saturated carbocycles. The first kappa shape index (κ1) is 25.5. The number of rotatable bonds is 4. The second-order valence-corrected chi connectivity index (χ2v) is 7.25. The first-order chi connectivity index (χ1) is 15.6. The van der Waals surface area contributed by atoms with Gasteiger partial charge in [0.2, 0.25) is 5.95 Å². The third-order valence-electron chi connectivity index (χ3n) is 5.00. The van der Waals surface area contributed by atoms with Crippen LogP contribution in [0.25, 0.3) is 11.3 Å². The average molecular weight is 504 g/mol. The molecule has 0 spiro atoms. The minimum absolute atomic E-state index is 0.0607. The molecule has 0 bridgehead atoms. The van der Waals surface area contributed by atoms with E-state index in [4.69, 9.17) is 0 Å². The number of halogens is 10. The average Bonchev–Trinajstić information content (AvgIpc) is 2.77. The van der Waals surface area contributed by atoms with Gasteiger partial charge in [-0.3, -0.25) is 4.79 Å². The van der Waals surface area contributed by atoms with Gasteiger partial charge in [0.1, 0.15) is 0 Å². The minimum atomic E-state index is -6.63. The molecule has 15 heteroatoms. The van der Waals surface area contributed by atoms with Gasteiger partial charge >= 0.3 is 24.2 Å². The minimum Gasteiger partial charge on any atom is -0.337 e. The summed E-state index contributed by atoms with van der Waals surface area (Å²) in [6.45, 7) is -1.88. The number of hydrogen-bond acceptors (Lipinski definition) is 4. The number of piperazine rings is 1. The maximum absolute atomic E-state index is 13.7. The molecule has 0 radical (unpaired) electrons. The van der Waals surface area contributed by atoms with E-state index in [2.05, 4.69) is 9.97 Å². The van der Waals surface area contributed by atoms with Crippen molar-refractivity contribution in [2.24, 2.45) is 0 Å². The zero-order valence-electron chi connectivity index (χ0n) is 16.8. The highest BCUT2D eigenvalue weighted by atomic mass is 19.4. The molecular formula is C19H14F10N4O. The second kappa shape index (κ2) is 8.58. The van der Waals surface area contributed by atoms with E-state index in [0.29, 0.717) is 0 Å². The number of anilines is 1. The number of carbonyl (C=O) groups is 1. The van der Waals surface area contributed by atoms with Crippen LogP contribution >= 0.6 is 0 Å². The molecule has 1 aromatic heterocycles. The number of nitrogens with zero attached hydrogens (tertiary/aromatic N) is 4. The summed E-state index contributed by atoms with van der Waals surface area (Å²) >= 11 is 0. The van der Waals surface area contributed by atoms with E-state index < -0.39 is 48.8 Å². The molecule has 34 heavy (non-hydrogen) atoms. The SMILES string of the molecule is O=C(N1CCN(c2nccc(-c3cccc(C(F)(F)F)c3)n2)CC1)C(F)(F)C(F)(F)C(F)(F)F. The van der Waals surface area contributed by atoms with Crippen molar-refractivity contribution in [3.63, 3.8) is 0 Å². The summed E-state index contributed by atoms with van der Waals surface area (Å²) < 4.78 is 129. The first-order valence-corrected chi connectivity index (χ1v) is 9.43. The van der Waals surface area contributed by atoms with Gasteiger partial charge in [-0.05, 0) is 18.2 Å². The van der Waals surface area contributed by atoms with E-state index in [0.717, 1.165) is 12.1 Å². The van der Waals surface area contributed by atoms with Gasteiger partial charge in [0.05, 0.1) is 11.3 Å². The van der Waals surface area contributed by atoms with Gasteiger partial charge in [-0.25, -0.2) is 9.97 Å². The number of benzene rings is 1. The van der Waals surface area contributed by atoms with Gasteiger partial charge < -0.3 is 9.80 Å². The van der Waals surface area contributed by atoms with Crippen LogP contribution < -0.4 is 4.90 Å². The third-order valence-corrected chi connectivity index (χ3v) is 5.00. The van der Waals surface area contributed by atoms with E-state index in [-0.39, 0.29) is 35.2 Å². The molecule has 3 rings (SSSR count). The topological polar surface area (TPSA) is 49.3 Å². The number of alkyl halides is 10. The molecule has 1 saturated heterocycles. The molecule has 1 amide bonds. The number of hydrogen-bond donors (Lipinski definition) is 0. The fourth-order valence-corrected chi connectivity index (χ4v) is 3.14. The summed E-state index contributed by atoms with van der Waals surface area (Å²) in [5, 5.41) is 0. The highest BCUT2D eigenvalue weighted by Gasteiger charge is 2.76. The molecule has 2 heterocycles. The molecule has 5 nitrogen and oxygen atoms in total. The zero-order valence-corrected chi connectivity index (χ0v) is 16.8. The molecule has 0 atom stereocenters. The summed E-state index contributed by atoms with van der Waals surface area (Å²) in [6, 6.07) is 5.56. The summed E-state index contributed by atoms with van der Waals surface area (Å²) in [5.41, 5.74) is -0.735. The van der Waals surface area contributed by atoms with Gasteiger partial charge in [-0.15, -0.1) is 0 Å². The molecule has 0 N–H and O–H groups in total. The van der Waals surface area contributed by atoms with Crippen molar-refractivity contribution in [3.8, 4) is 11.3 Å². The normalized spacial score (nSPS) is 16.1. The van der Waals surface area contributed by atoms with Gasteiger partial charge in [0, 0.05) is 37.9 Å². The van der Waals surface area contributed by atoms with E-state index >= 15 is 0 Å². The van der Waals surface area contributed by atoms with Crippen LogP contribution in [0, 0.1) is 0 Å². The first-order valence-electron chi connectivity index (χ1n) is 9.43. The molecular weight excluding hydrogens is 490 g/mol. The van der Waals surface area contributed by atoms with Crippen molar-refractivity contribution in [3.05, 3.63) is 42.1 Å². The quantitative estimate of drug-likeness (QED) is 0.570. The molecule has 1 fully saturated rings. The van der Waals surface area contributed by atoms with E-state index in [9.17, 15) is 48.7 Å². The summed E-state index contributed by atoms with van der Waals surface area (Å²) in [5.74, 6) is -15.3. The highest BCUT2D eigenvalue weighted by Crippen LogP contribution is 2.47. The predicted octanol–water partition coefficient (Wildman–Crippen LogP) is 4.64. The Morgan fingerprint density at radius 3 is 2.03 bits per heavy atom. The summed E-state index contributed by atoms with van der Waals surface area (Å²) in [7, 11) is 0. The Bertz CT molecular complexity index is 1050. The van der Waals surface area contributed by atoms with Crippen molar-refractivity contribution < 1.29 is 48.7 Å². The maximum atomic E-state index is 13.7. The maximum Gasteiger partial charge on any atom is 0.460 e. The van der Waals surface area contributed by atoms with Crippen LogP contribution in [0.4, 0.5) is 49.9 Å². The molecule has 1 aliphatic heterocycles.